The fraction of sp³-hybridized carbons (Fsp3) is 0.529. The van der Waals surface area contributed by atoms with Crippen LogP contribution in [-0.4, -0.2) is 68.5 Å². The van der Waals surface area contributed by atoms with Crippen LogP contribution in [0.1, 0.15) is 6.42 Å². The molecule has 0 saturated carbocycles. The lowest BCUT2D eigenvalue weighted by atomic mass is 10.2. The van der Waals surface area contributed by atoms with Crippen molar-refractivity contribution in [1.29, 1.82) is 0 Å². The van der Waals surface area contributed by atoms with Gasteiger partial charge >= 0.3 is 0 Å². The van der Waals surface area contributed by atoms with Crippen LogP contribution in [-0.2, 0) is 4.74 Å². The van der Waals surface area contributed by atoms with E-state index in [1.807, 2.05) is 12.1 Å². The lowest BCUT2D eigenvalue weighted by Gasteiger charge is -2.26. The van der Waals surface area contributed by atoms with Crippen LogP contribution in [0.25, 0.3) is 10.9 Å². The number of hydrogen-bond acceptors (Lipinski definition) is 7. The number of fused-ring (bicyclic) bond motifs is 1. The summed E-state index contributed by atoms with van der Waals surface area (Å²) in [5.41, 5.74) is 0.752. The quantitative estimate of drug-likeness (QED) is 0.775. The molecule has 1 aliphatic heterocycles. The van der Waals surface area contributed by atoms with Crippen molar-refractivity contribution in [2.45, 2.75) is 6.42 Å². The SMILES string of the molecule is COc1ccc2c(NCCCN3CCOCC3)ncnc2c1OC. The Morgan fingerprint density at radius 3 is 2.75 bits per heavy atom. The Morgan fingerprint density at radius 2 is 2.00 bits per heavy atom. The van der Waals surface area contributed by atoms with E-state index in [1.54, 1.807) is 20.5 Å². The third kappa shape index (κ3) is 3.68. The monoisotopic (exact) mass is 332 g/mol. The molecule has 130 valence electrons. The first-order chi connectivity index (χ1) is 11.8. The highest BCUT2D eigenvalue weighted by Gasteiger charge is 2.13. The molecule has 0 radical (unpaired) electrons. The Bertz CT molecular complexity index is 674. The highest BCUT2D eigenvalue weighted by Crippen LogP contribution is 2.35. The molecule has 1 fully saturated rings. The molecule has 2 aromatic rings. The molecule has 0 bridgehead atoms. The van der Waals surface area contributed by atoms with Gasteiger partial charge in [0.15, 0.2) is 11.5 Å². The molecule has 0 spiro atoms. The van der Waals surface area contributed by atoms with Gasteiger partial charge in [0.1, 0.15) is 17.7 Å². The molecule has 0 atom stereocenters. The average Bonchev–Trinajstić information content (AvgIpc) is 2.65. The number of rotatable bonds is 7. The van der Waals surface area contributed by atoms with Crippen LogP contribution < -0.4 is 14.8 Å². The fourth-order valence-corrected chi connectivity index (χ4v) is 2.92. The summed E-state index contributed by atoms with van der Waals surface area (Å²) in [6.07, 6.45) is 2.60. The summed E-state index contributed by atoms with van der Waals surface area (Å²) in [5, 5.41) is 4.34. The van der Waals surface area contributed by atoms with Gasteiger partial charge in [-0.2, -0.15) is 0 Å². The summed E-state index contributed by atoms with van der Waals surface area (Å²) < 4.78 is 16.1. The lowest BCUT2D eigenvalue weighted by Crippen LogP contribution is -2.37. The van der Waals surface area contributed by atoms with Gasteiger partial charge in [-0.1, -0.05) is 0 Å². The minimum atomic E-state index is 0.633. The number of ether oxygens (including phenoxy) is 3. The zero-order chi connectivity index (χ0) is 16.8. The summed E-state index contributed by atoms with van der Waals surface area (Å²) in [4.78, 5) is 11.1. The molecular formula is C17H24N4O3. The summed E-state index contributed by atoms with van der Waals surface area (Å²) in [6.45, 7) is 5.65. The number of nitrogens with zero attached hydrogens (tertiary/aromatic N) is 3. The van der Waals surface area contributed by atoms with E-state index in [1.165, 1.54) is 0 Å². The maximum absolute atomic E-state index is 5.45. The Morgan fingerprint density at radius 1 is 1.17 bits per heavy atom. The predicted molar refractivity (Wildman–Crippen MR) is 93.0 cm³/mol. The number of aromatic nitrogens is 2. The van der Waals surface area contributed by atoms with Gasteiger partial charge in [0, 0.05) is 25.0 Å². The highest BCUT2D eigenvalue weighted by molar-refractivity contribution is 5.94. The zero-order valence-corrected chi connectivity index (χ0v) is 14.2. The number of methoxy groups -OCH3 is 2. The molecule has 1 aliphatic rings. The van der Waals surface area contributed by atoms with Crippen LogP contribution in [0.5, 0.6) is 11.5 Å². The van der Waals surface area contributed by atoms with E-state index in [2.05, 4.69) is 20.2 Å². The van der Waals surface area contributed by atoms with E-state index in [-0.39, 0.29) is 0 Å². The maximum atomic E-state index is 5.45. The van der Waals surface area contributed by atoms with Crippen LogP contribution in [0.15, 0.2) is 18.5 Å². The molecule has 0 unspecified atom stereocenters. The maximum Gasteiger partial charge on any atom is 0.187 e. The van der Waals surface area contributed by atoms with Crippen LogP contribution in [0, 0.1) is 0 Å². The van der Waals surface area contributed by atoms with Gasteiger partial charge in [0.2, 0.25) is 0 Å². The number of morpholine rings is 1. The van der Waals surface area contributed by atoms with Crippen LogP contribution >= 0.6 is 0 Å². The average molecular weight is 332 g/mol. The van der Waals surface area contributed by atoms with Gasteiger partial charge in [-0.25, -0.2) is 9.97 Å². The van der Waals surface area contributed by atoms with Crippen LogP contribution in [0.3, 0.4) is 0 Å². The van der Waals surface area contributed by atoms with Crippen molar-refractivity contribution in [3.8, 4) is 11.5 Å². The standard InChI is InChI=1S/C17H24N4O3/c1-22-14-5-4-13-15(16(14)23-2)19-12-20-17(13)18-6-3-7-21-8-10-24-11-9-21/h4-5,12H,3,6-11H2,1-2H3,(H,18,19,20). The van der Waals surface area contributed by atoms with Gasteiger partial charge in [-0.05, 0) is 25.1 Å². The molecule has 24 heavy (non-hydrogen) atoms. The van der Waals surface area contributed by atoms with Crippen molar-refractivity contribution in [2.75, 3.05) is 58.9 Å². The largest absolute Gasteiger partial charge is 0.493 e. The first-order valence-electron chi connectivity index (χ1n) is 8.23. The zero-order valence-electron chi connectivity index (χ0n) is 14.2. The number of benzene rings is 1. The highest BCUT2D eigenvalue weighted by atomic mass is 16.5. The minimum absolute atomic E-state index is 0.633. The van der Waals surface area contributed by atoms with Crippen molar-refractivity contribution in [3.05, 3.63) is 18.5 Å². The van der Waals surface area contributed by atoms with Crippen molar-refractivity contribution >= 4 is 16.7 Å². The Hall–Kier alpha value is -2.12. The molecule has 0 amide bonds. The fourth-order valence-electron chi connectivity index (χ4n) is 2.92. The summed E-state index contributed by atoms with van der Waals surface area (Å²) in [7, 11) is 3.24. The summed E-state index contributed by atoms with van der Waals surface area (Å²) >= 11 is 0. The predicted octanol–water partition coefficient (Wildman–Crippen LogP) is 1.78. The van der Waals surface area contributed by atoms with Gasteiger partial charge in [-0.15, -0.1) is 0 Å². The molecule has 7 nitrogen and oxygen atoms in total. The molecule has 3 rings (SSSR count). The topological polar surface area (TPSA) is 68.7 Å². The summed E-state index contributed by atoms with van der Waals surface area (Å²) in [6, 6.07) is 3.84. The first-order valence-corrected chi connectivity index (χ1v) is 8.23. The molecule has 1 aromatic heterocycles. The lowest BCUT2D eigenvalue weighted by molar-refractivity contribution is 0.0378. The van der Waals surface area contributed by atoms with Crippen LogP contribution in [0.4, 0.5) is 5.82 Å². The molecule has 0 aliphatic carbocycles. The number of hydrogen-bond donors (Lipinski definition) is 1. The molecule has 1 N–H and O–H groups in total. The molecule has 7 heteroatoms. The minimum Gasteiger partial charge on any atom is -0.493 e. The number of nitrogens with one attached hydrogen (secondary N) is 1. The van der Waals surface area contributed by atoms with E-state index < -0.39 is 0 Å². The van der Waals surface area contributed by atoms with Crippen LogP contribution in [0.2, 0.25) is 0 Å². The number of anilines is 1. The Kier molecular flexibility index (Phi) is 5.66. The van der Waals surface area contributed by atoms with E-state index >= 15 is 0 Å². The third-order valence-electron chi connectivity index (χ3n) is 4.20. The summed E-state index contributed by atoms with van der Waals surface area (Å²) in [5.74, 6) is 2.12. The van der Waals surface area contributed by atoms with E-state index in [0.717, 1.165) is 62.5 Å². The van der Waals surface area contributed by atoms with Crippen molar-refractivity contribution in [2.24, 2.45) is 0 Å². The second-order valence-electron chi connectivity index (χ2n) is 5.65. The van der Waals surface area contributed by atoms with Crippen molar-refractivity contribution in [3.63, 3.8) is 0 Å². The molecule has 2 heterocycles. The van der Waals surface area contributed by atoms with Gasteiger partial charge in [-0.3, -0.25) is 4.90 Å². The van der Waals surface area contributed by atoms with Crippen molar-refractivity contribution < 1.29 is 14.2 Å². The normalized spacial score (nSPS) is 15.4. The van der Waals surface area contributed by atoms with Gasteiger partial charge < -0.3 is 19.5 Å². The van der Waals surface area contributed by atoms with Gasteiger partial charge in [0.05, 0.1) is 27.4 Å². The Balaban J connectivity index is 1.66. The second kappa shape index (κ2) is 8.12. The Labute approximate surface area is 141 Å². The molecule has 1 aromatic carbocycles. The van der Waals surface area contributed by atoms with E-state index in [0.29, 0.717) is 11.5 Å². The van der Waals surface area contributed by atoms with E-state index in [4.69, 9.17) is 14.2 Å². The molecular weight excluding hydrogens is 308 g/mol. The third-order valence-corrected chi connectivity index (χ3v) is 4.20. The van der Waals surface area contributed by atoms with Crippen molar-refractivity contribution in [1.82, 2.24) is 14.9 Å². The van der Waals surface area contributed by atoms with E-state index in [9.17, 15) is 0 Å². The second-order valence-corrected chi connectivity index (χ2v) is 5.65. The molecule has 1 saturated heterocycles. The smallest absolute Gasteiger partial charge is 0.187 e. The van der Waals surface area contributed by atoms with Gasteiger partial charge in [0.25, 0.3) is 0 Å². The first kappa shape index (κ1) is 16.7.